The van der Waals surface area contributed by atoms with Gasteiger partial charge in [0.1, 0.15) is 5.75 Å². The number of benzene rings is 1. The van der Waals surface area contributed by atoms with E-state index in [9.17, 15) is 0 Å². The topological polar surface area (TPSA) is 24.5 Å². The molecule has 108 valence electrons. The number of anilines is 1. The van der Waals surface area contributed by atoms with Crippen molar-refractivity contribution in [2.24, 2.45) is 0 Å². The highest BCUT2D eigenvalue weighted by molar-refractivity contribution is 7.98. The van der Waals surface area contributed by atoms with Crippen LogP contribution in [-0.2, 0) is 0 Å². The van der Waals surface area contributed by atoms with Crippen LogP contribution in [0.2, 0.25) is 0 Å². The zero-order valence-corrected chi connectivity index (χ0v) is 13.5. The first-order valence-electron chi connectivity index (χ1n) is 6.76. The second-order valence-corrected chi connectivity index (χ2v) is 5.57. The average Bonchev–Trinajstić information content (AvgIpc) is 2.43. The standard InChI is InChI=1S/C15H26N2OS/c1-6-16-12(2)15-13(17(3)10-11-19-5)8-7-9-14(15)18-4/h7-9,12,16H,6,10-11H2,1-5H3. The van der Waals surface area contributed by atoms with Crippen LogP contribution >= 0.6 is 11.8 Å². The van der Waals surface area contributed by atoms with E-state index in [0.29, 0.717) is 0 Å². The minimum Gasteiger partial charge on any atom is -0.496 e. The van der Waals surface area contributed by atoms with E-state index in [-0.39, 0.29) is 6.04 Å². The first-order valence-corrected chi connectivity index (χ1v) is 8.15. The van der Waals surface area contributed by atoms with Crippen LogP contribution in [0.3, 0.4) is 0 Å². The number of ether oxygens (including phenoxy) is 1. The van der Waals surface area contributed by atoms with Crippen LogP contribution in [0.1, 0.15) is 25.5 Å². The molecule has 0 amide bonds. The molecule has 0 aromatic heterocycles. The third-order valence-electron chi connectivity index (χ3n) is 3.25. The number of nitrogens with one attached hydrogen (secondary N) is 1. The molecule has 0 heterocycles. The molecule has 1 N–H and O–H groups in total. The molecule has 0 aliphatic carbocycles. The number of rotatable bonds is 8. The maximum absolute atomic E-state index is 5.54. The summed E-state index contributed by atoms with van der Waals surface area (Å²) in [5, 5.41) is 3.48. The van der Waals surface area contributed by atoms with E-state index in [1.165, 1.54) is 11.3 Å². The predicted molar refractivity (Wildman–Crippen MR) is 86.7 cm³/mol. The Labute approximate surface area is 121 Å². The molecular formula is C15H26N2OS. The van der Waals surface area contributed by atoms with Crippen molar-refractivity contribution in [1.29, 1.82) is 0 Å². The van der Waals surface area contributed by atoms with Crippen LogP contribution < -0.4 is 15.0 Å². The normalized spacial score (nSPS) is 12.3. The molecule has 0 aliphatic heterocycles. The first-order chi connectivity index (χ1) is 9.15. The second kappa shape index (κ2) is 8.33. The molecule has 0 aliphatic rings. The fourth-order valence-electron chi connectivity index (χ4n) is 2.24. The molecule has 0 spiro atoms. The van der Waals surface area contributed by atoms with E-state index in [1.807, 2.05) is 17.8 Å². The Balaban J connectivity index is 3.07. The SMILES string of the molecule is CCNC(C)c1c(OC)cccc1N(C)CCSC. The summed E-state index contributed by atoms with van der Waals surface area (Å²) in [7, 11) is 3.89. The lowest BCUT2D eigenvalue weighted by Gasteiger charge is -2.27. The van der Waals surface area contributed by atoms with Gasteiger partial charge in [-0.15, -0.1) is 0 Å². The Morgan fingerprint density at radius 2 is 2.16 bits per heavy atom. The molecule has 3 nitrogen and oxygen atoms in total. The van der Waals surface area contributed by atoms with E-state index >= 15 is 0 Å². The van der Waals surface area contributed by atoms with E-state index in [1.54, 1.807) is 7.11 Å². The fourth-order valence-corrected chi connectivity index (χ4v) is 2.69. The van der Waals surface area contributed by atoms with Gasteiger partial charge in [-0.05, 0) is 31.9 Å². The van der Waals surface area contributed by atoms with Crippen molar-refractivity contribution in [2.45, 2.75) is 19.9 Å². The number of hydrogen-bond acceptors (Lipinski definition) is 4. The lowest BCUT2D eigenvalue weighted by Crippen LogP contribution is -2.25. The maximum atomic E-state index is 5.54. The third kappa shape index (κ3) is 4.32. The minimum absolute atomic E-state index is 0.285. The van der Waals surface area contributed by atoms with Gasteiger partial charge in [-0.3, -0.25) is 0 Å². The fraction of sp³-hybridized carbons (Fsp3) is 0.600. The van der Waals surface area contributed by atoms with Gasteiger partial charge in [-0.25, -0.2) is 0 Å². The third-order valence-corrected chi connectivity index (χ3v) is 3.84. The smallest absolute Gasteiger partial charge is 0.125 e. The van der Waals surface area contributed by atoms with Crippen molar-refractivity contribution in [3.63, 3.8) is 0 Å². The summed E-state index contributed by atoms with van der Waals surface area (Å²) in [4.78, 5) is 2.31. The quantitative estimate of drug-likeness (QED) is 0.791. The van der Waals surface area contributed by atoms with Gasteiger partial charge in [0, 0.05) is 36.6 Å². The van der Waals surface area contributed by atoms with Gasteiger partial charge in [0.05, 0.1) is 7.11 Å². The summed E-state index contributed by atoms with van der Waals surface area (Å²) in [6.07, 6.45) is 2.14. The molecule has 0 saturated heterocycles. The predicted octanol–water partition coefficient (Wildman–Crippen LogP) is 3.16. The Morgan fingerprint density at radius 3 is 2.74 bits per heavy atom. The van der Waals surface area contributed by atoms with E-state index in [4.69, 9.17) is 4.74 Å². The molecule has 1 aromatic carbocycles. The molecular weight excluding hydrogens is 256 g/mol. The van der Waals surface area contributed by atoms with Gasteiger partial charge in [-0.2, -0.15) is 11.8 Å². The molecule has 0 saturated carbocycles. The Hall–Kier alpha value is -0.870. The summed E-state index contributed by atoms with van der Waals surface area (Å²) < 4.78 is 5.54. The van der Waals surface area contributed by atoms with Gasteiger partial charge in [0.25, 0.3) is 0 Å². The average molecular weight is 282 g/mol. The van der Waals surface area contributed by atoms with Gasteiger partial charge in [0.15, 0.2) is 0 Å². The van der Waals surface area contributed by atoms with Gasteiger partial charge in [-0.1, -0.05) is 13.0 Å². The van der Waals surface area contributed by atoms with Crippen molar-refractivity contribution in [3.8, 4) is 5.75 Å². The first kappa shape index (κ1) is 16.2. The summed E-state index contributed by atoms with van der Waals surface area (Å²) in [6.45, 7) is 6.31. The highest BCUT2D eigenvalue weighted by Crippen LogP contribution is 2.34. The van der Waals surface area contributed by atoms with E-state index < -0.39 is 0 Å². The summed E-state index contributed by atoms with van der Waals surface area (Å²) in [5.74, 6) is 2.09. The van der Waals surface area contributed by atoms with Crippen LogP contribution in [0.15, 0.2) is 18.2 Å². The molecule has 1 rings (SSSR count). The highest BCUT2D eigenvalue weighted by atomic mass is 32.2. The monoisotopic (exact) mass is 282 g/mol. The zero-order valence-electron chi connectivity index (χ0n) is 12.7. The van der Waals surface area contributed by atoms with Gasteiger partial charge < -0.3 is 15.0 Å². The van der Waals surface area contributed by atoms with Crippen molar-refractivity contribution >= 4 is 17.4 Å². The van der Waals surface area contributed by atoms with Crippen molar-refractivity contribution in [1.82, 2.24) is 5.32 Å². The molecule has 0 radical (unpaired) electrons. The Kier molecular flexibility index (Phi) is 7.10. The second-order valence-electron chi connectivity index (χ2n) is 4.59. The number of hydrogen-bond donors (Lipinski definition) is 1. The number of thioether (sulfide) groups is 1. The van der Waals surface area contributed by atoms with Crippen LogP contribution in [0.5, 0.6) is 5.75 Å². The molecule has 19 heavy (non-hydrogen) atoms. The molecule has 1 unspecified atom stereocenters. The van der Waals surface area contributed by atoms with Crippen LogP contribution in [0.4, 0.5) is 5.69 Å². The number of methoxy groups -OCH3 is 1. The Morgan fingerprint density at radius 1 is 1.42 bits per heavy atom. The highest BCUT2D eigenvalue weighted by Gasteiger charge is 2.17. The summed E-state index contributed by atoms with van der Waals surface area (Å²) in [6, 6.07) is 6.56. The lowest BCUT2D eigenvalue weighted by atomic mass is 10.0. The van der Waals surface area contributed by atoms with Gasteiger partial charge in [0.2, 0.25) is 0 Å². The summed E-state index contributed by atoms with van der Waals surface area (Å²) in [5.41, 5.74) is 2.50. The van der Waals surface area contributed by atoms with Crippen LogP contribution in [-0.4, -0.2) is 39.3 Å². The van der Waals surface area contributed by atoms with Crippen molar-refractivity contribution in [2.75, 3.05) is 44.2 Å². The van der Waals surface area contributed by atoms with Crippen molar-refractivity contribution in [3.05, 3.63) is 23.8 Å². The summed E-state index contributed by atoms with van der Waals surface area (Å²) >= 11 is 1.87. The number of nitrogens with zero attached hydrogens (tertiary/aromatic N) is 1. The lowest BCUT2D eigenvalue weighted by molar-refractivity contribution is 0.402. The maximum Gasteiger partial charge on any atom is 0.125 e. The largest absolute Gasteiger partial charge is 0.496 e. The Bertz CT molecular complexity index is 384. The molecule has 4 heteroatoms. The van der Waals surface area contributed by atoms with Crippen LogP contribution in [0.25, 0.3) is 0 Å². The molecule has 1 aromatic rings. The van der Waals surface area contributed by atoms with Crippen LogP contribution in [0, 0.1) is 0 Å². The molecule has 0 bridgehead atoms. The van der Waals surface area contributed by atoms with Crippen molar-refractivity contribution < 1.29 is 4.74 Å². The minimum atomic E-state index is 0.285. The van der Waals surface area contributed by atoms with Gasteiger partial charge >= 0.3 is 0 Å². The van der Waals surface area contributed by atoms with E-state index in [2.05, 4.69) is 49.5 Å². The van der Waals surface area contributed by atoms with E-state index in [0.717, 1.165) is 24.6 Å². The molecule has 0 fully saturated rings. The zero-order chi connectivity index (χ0) is 14.3. The molecule has 1 atom stereocenters.